The maximum absolute atomic E-state index is 12.5. The van der Waals surface area contributed by atoms with Crippen molar-refractivity contribution in [1.82, 2.24) is 5.32 Å². The predicted molar refractivity (Wildman–Crippen MR) is 256 cm³/mol. The van der Waals surface area contributed by atoms with Gasteiger partial charge in [0.05, 0.1) is 18.8 Å². The molecule has 0 rings (SSSR count). The van der Waals surface area contributed by atoms with Crippen molar-refractivity contribution in [1.29, 1.82) is 0 Å². The zero-order valence-corrected chi connectivity index (χ0v) is 39.5. The van der Waals surface area contributed by atoms with Crippen LogP contribution in [-0.4, -0.2) is 57.3 Å². The molecule has 0 saturated carbocycles. The largest absolute Gasteiger partial charge is 0.394 e. The van der Waals surface area contributed by atoms with Gasteiger partial charge in [0.15, 0.2) is 0 Å². The zero-order valence-electron chi connectivity index (χ0n) is 39.5. The second-order valence-electron chi connectivity index (χ2n) is 18.2. The maximum Gasteiger partial charge on any atom is 0.249 e. The normalized spacial score (nSPS) is 14.1. The van der Waals surface area contributed by atoms with Crippen molar-refractivity contribution >= 4 is 5.91 Å². The fourth-order valence-corrected chi connectivity index (χ4v) is 8.25. The molecule has 0 fully saturated rings. The van der Waals surface area contributed by atoms with Gasteiger partial charge in [-0.25, -0.2) is 0 Å². The van der Waals surface area contributed by atoms with E-state index in [1.807, 2.05) is 0 Å². The van der Waals surface area contributed by atoms with Crippen LogP contribution in [0.1, 0.15) is 277 Å². The van der Waals surface area contributed by atoms with E-state index in [0.717, 1.165) is 38.5 Å². The lowest BCUT2D eigenvalue weighted by Gasteiger charge is -2.27. The number of unbranched alkanes of at least 4 members (excludes halogenated alkanes) is 35. The van der Waals surface area contributed by atoms with Crippen LogP contribution in [0.25, 0.3) is 0 Å². The molecule has 0 aliphatic rings. The van der Waals surface area contributed by atoms with Gasteiger partial charge in [-0.3, -0.25) is 4.79 Å². The Morgan fingerprint density at radius 3 is 1.07 bits per heavy atom. The van der Waals surface area contributed by atoms with Gasteiger partial charge in [0, 0.05) is 0 Å². The van der Waals surface area contributed by atoms with Crippen LogP contribution in [0.4, 0.5) is 0 Å². The molecule has 0 saturated heterocycles. The molecule has 5 N–H and O–H groups in total. The highest BCUT2D eigenvalue weighted by molar-refractivity contribution is 5.80. The molecule has 350 valence electrons. The molecule has 0 aromatic heterocycles. The summed E-state index contributed by atoms with van der Waals surface area (Å²) in [5, 5.41) is 43.7. The third kappa shape index (κ3) is 41.9. The summed E-state index contributed by atoms with van der Waals surface area (Å²) in [7, 11) is 0. The van der Waals surface area contributed by atoms with E-state index in [0.29, 0.717) is 19.3 Å². The zero-order chi connectivity index (χ0) is 43.1. The van der Waals surface area contributed by atoms with Crippen LogP contribution in [0.5, 0.6) is 0 Å². The van der Waals surface area contributed by atoms with Gasteiger partial charge in [0.1, 0.15) is 12.2 Å². The van der Waals surface area contributed by atoms with E-state index in [1.165, 1.54) is 205 Å². The van der Waals surface area contributed by atoms with E-state index in [-0.39, 0.29) is 0 Å². The summed E-state index contributed by atoms with van der Waals surface area (Å²) in [5.74, 6) is -0.597. The van der Waals surface area contributed by atoms with Crippen molar-refractivity contribution in [2.45, 2.75) is 301 Å². The number of carbonyl (C=O) groups is 1. The number of hydrogen-bond donors (Lipinski definition) is 5. The van der Waals surface area contributed by atoms with Crippen LogP contribution in [-0.2, 0) is 4.79 Å². The first kappa shape index (κ1) is 57.8. The van der Waals surface area contributed by atoms with Gasteiger partial charge in [-0.1, -0.05) is 250 Å². The summed E-state index contributed by atoms with van der Waals surface area (Å²) in [6, 6.07) is -1.00. The minimum atomic E-state index is -1.29. The van der Waals surface area contributed by atoms with Crippen LogP contribution >= 0.6 is 0 Å². The molecule has 59 heavy (non-hydrogen) atoms. The molecule has 6 heteroatoms. The number of aliphatic hydroxyl groups is 4. The van der Waals surface area contributed by atoms with Gasteiger partial charge in [-0.05, 0) is 51.4 Å². The van der Waals surface area contributed by atoms with Crippen molar-refractivity contribution in [2.24, 2.45) is 0 Å². The van der Waals surface area contributed by atoms with E-state index in [4.69, 9.17) is 0 Å². The van der Waals surface area contributed by atoms with Crippen LogP contribution in [0.2, 0.25) is 0 Å². The second kappa shape index (κ2) is 47.8. The van der Waals surface area contributed by atoms with Crippen LogP contribution < -0.4 is 5.32 Å². The number of rotatable bonds is 48. The number of allylic oxidation sites excluding steroid dienone is 4. The fourth-order valence-electron chi connectivity index (χ4n) is 8.25. The number of nitrogens with one attached hydrogen (secondary N) is 1. The summed E-state index contributed by atoms with van der Waals surface area (Å²) in [6.45, 7) is 4.04. The number of carbonyl (C=O) groups excluding carboxylic acids is 1. The summed E-state index contributed by atoms with van der Waals surface area (Å²) >= 11 is 0. The Kier molecular flexibility index (Phi) is 46.9. The van der Waals surface area contributed by atoms with Crippen molar-refractivity contribution < 1.29 is 25.2 Å². The van der Waals surface area contributed by atoms with Crippen LogP contribution in [0.3, 0.4) is 0 Å². The average molecular weight is 834 g/mol. The molecule has 0 heterocycles. The second-order valence-corrected chi connectivity index (χ2v) is 18.2. The molecule has 0 radical (unpaired) electrons. The van der Waals surface area contributed by atoms with Gasteiger partial charge in [-0.15, -0.1) is 0 Å². The molecule has 0 aromatic rings. The Bertz CT molecular complexity index is 893. The smallest absolute Gasteiger partial charge is 0.249 e. The molecule has 0 aromatic carbocycles. The Hall–Kier alpha value is -1.21. The lowest BCUT2D eigenvalue weighted by molar-refractivity contribution is -0.132. The molecular formula is C53H103NO5. The van der Waals surface area contributed by atoms with Crippen LogP contribution in [0.15, 0.2) is 24.3 Å². The molecule has 4 atom stereocenters. The first-order chi connectivity index (χ1) is 29.0. The molecular weight excluding hydrogens is 731 g/mol. The maximum atomic E-state index is 12.5. The lowest BCUT2D eigenvalue weighted by atomic mass is 10.00. The summed E-state index contributed by atoms with van der Waals surface area (Å²) in [5.41, 5.74) is 0. The van der Waals surface area contributed by atoms with Crippen LogP contribution in [0, 0.1) is 0 Å². The van der Waals surface area contributed by atoms with Gasteiger partial charge in [0.2, 0.25) is 5.91 Å². The Labute approximate surface area is 367 Å². The number of hydrogen-bond acceptors (Lipinski definition) is 5. The Morgan fingerprint density at radius 2 is 0.712 bits per heavy atom. The fraction of sp³-hybridized carbons (Fsp3) is 0.906. The van der Waals surface area contributed by atoms with Crippen molar-refractivity contribution in [3.05, 3.63) is 24.3 Å². The Morgan fingerprint density at radius 1 is 0.407 bits per heavy atom. The van der Waals surface area contributed by atoms with Crippen molar-refractivity contribution in [3.8, 4) is 0 Å². The first-order valence-electron chi connectivity index (χ1n) is 26.2. The average Bonchev–Trinajstić information content (AvgIpc) is 3.24. The topological polar surface area (TPSA) is 110 Å². The standard InChI is InChI=1S/C53H103NO5/c1-3-5-7-9-11-13-15-16-17-18-19-20-21-22-23-24-25-26-27-28-29-30-31-32-33-34-35-37-38-40-42-44-46-50(56)52(58)49(48-55)54-53(59)51(57)47-45-43-41-39-36-14-12-10-8-6-4-2/h33-34,38,40,49-52,55-58H,3-32,35-37,39,41-48H2,1-2H3,(H,54,59)/b34-33+,40-38+. The minimum Gasteiger partial charge on any atom is -0.394 e. The third-order valence-electron chi connectivity index (χ3n) is 12.4. The van der Waals surface area contributed by atoms with Gasteiger partial charge >= 0.3 is 0 Å². The minimum absolute atomic E-state index is 0.363. The Balaban J connectivity index is 3.61. The quantitative estimate of drug-likeness (QED) is 0.0310. The highest BCUT2D eigenvalue weighted by Gasteiger charge is 2.28. The summed E-state index contributed by atoms with van der Waals surface area (Å²) < 4.78 is 0. The van der Waals surface area contributed by atoms with Gasteiger partial charge in [-0.2, -0.15) is 0 Å². The first-order valence-corrected chi connectivity index (χ1v) is 26.2. The third-order valence-corrected chi connectivity index (χ3v) is 12.4. The van der Waals surface area contributed by atoms with E-state index in [2.05, 4.69) is 43.5 Å². The van der Waals surface area contributed by atoms with E-state index >= 15 is 0 Å². The predicted octanol–water partition coefficient (Wildman–Crippen LogP) is 14.7. The number of aliphatic hydroxyl groups excluding tert-OH is 4. The molecule has 0 spiro atoms. The monoisotopic (exact) mass is 834 g/mol. The SMILES string of the molecule is CCCCCCCCCCCCCCCCCCCCCCCCC/C=C/CC/C=C/CCCC(O)C(O)C(CO)NC(=O)C(O)CCCCCCCCCCCCC. The molecule has 0 bridgehead atoms. The van der Waals surface area contributed by atoms with E-state index in [1.54, 1.807) is 0 Å². The van der Waals surface area contributed by atoms with E-state index in [9.17, 15) is 25.2 Å². The highest BCUT2D eigenvalue weighted by Crippen LogP contribution is 2.17. The molecule has 0 aliphatic carbocycles. The molecule has 6 nitrogen and oxygen atoms in total. The highest BCUT2D eigenvalue weighted by atomic mass is 16.3. The summed E-state index contributed by atoms with van der Waals surface area (Å²) in [4.78, 5) is 12.5. The van der Waals surface area contributed by atoms with Gasteiger partial charge in [0.25, 0.3) is 0 Å². The van der Waals surface area contributed by atoms with Crippen molar-refractivity contribution in [2.75, 3.05) is 6.61 Å². The molecule has 0 aliphatic heterocycles. The number of amides is 1. The molecule has 1 amide bonds. The lowest BCUT2D eigenvalue weighted by Crippen LogP contribution is -2.53. The van der Waals surface area contributed by atoms with Gasteiger partial charge < -0.3 is 25.7 Å². The van der Waals surface area contributed by atoms with Crippen molar-refractivity contribution in [3.63, 3.8) is 0 Å². The summed E-state index contributed by atoms with van der Waals surface area (Å²) in [6.07, 6.45) is 56.9. The molecule has 4 unspecified atom stereocenters. The van der Waals surface area contributed by atoms with E-state index < -0.39 is 36.9 Å².